The molecule has 0 bridgehead atoms. The van der Waals surface area contributed by atoms with Crippen molar-refractivity contribution in [3.63, 3.8) is 0 Å². The molecule has 0 aliphatic heterocycles. The van der Waals surface area contributed by atoms with Gasteiger partial charge in [-0.25, -0.2) is 0 Å². The summed E-state index contributed by atoms with van der Waals surface area (Å²) < 4.78 is 2.93. The van der Waals surface area contributed by atoms with E-state index in [2.05, 4.69) is 28.6 Å². The van der Waals surface area contributed by atoms with Crippen LogP contribution in [0.4, 0.5) is 0 Å². The maximum Gasteiger partial charge on any atom is 0.195 e. The van der Waals surface area contributed by atoms with E-state index in [9.17, 15) is 0 Å². The summed E-state index contributed by atoms with van der Waals surface area (Å²) in [6.07, 6.45) is 5.46. The Kier molecular flexibility index (Phi) is 3.24. The zero-order chi connectivity index (χ0) is 10.8. The van der Waals surface area contributed by atoms with Gasteiger partial charge in [0.15, 0.2) is 4.77 Å². The van der Waals surface area contributed by atoms with Gasteiger partial charge in [-0.1, -0.05) is 26.7 Å². The molecule has 0 spiro atoms. The van der Waals surface area contributed by atoms with Gasteiger partial charge in [-0.2, -0.15) is 5.10 Å². The molecule has 4 heteroatoms. The van der Waals surface area contributed by atoms with Crippen LogP contribution in [0.2, 0.25) is 0 Å². The van der Waals surface area contributed by atoms with Gasteiger partial charge in [-0.15, -0.1) is 0 Å². The Labute approximate surface area is 95.9 Å². The van der Waals surface area contributed by atoms with Gasteiger partial charge in [-0.3, -0.25) is 5.10 Å². The molecule has 0 unspecified atom stereocenters. The van der Waals surface area contributed by atoms with Crippen LogP contribution < -0.4 is 0 Å². The summed E-state index contributed by atoms with van der Waals surface area (Å²) in [5.74, 6) is 2.54. The summed E-state index contributed by atoms with van der Waals surface area (Å²) in [6, 6.07) is 0. The number of hydrogen-bond donors (Lipinski definition) is 1. The second kappa shape index (κ2) is 4.47. The van der Waals surface area contributed by atoms with Gasteiger partial charge in [-0.05, 0) is 31.0 Å². The molecule has 1 aliphatic rings. The van der Waals surface area contributed by atoms with Crippen LogP contribution in [0, 0.1) is 10.7 Å². The first kappa shape index (κ1) is 10.9. The average Bonchev–Trinajstić information content (AvgIpc) is 2.92. The quantitative estimate of drug-likeness (QED) is 0.780. The highest BCUT2D eigenvalue weighted by molar-refractivity contribution is 7.71. The molecule has 1 heterocycles. The fourth-order valence-corrected chi connectivity index (χ4v) is 2.16. The van der Waals surface area contributed by atoms with Crippen LogP contribution in [0.5, 0.6) is 0 Å². The molecule has 0 radical (unpaired) electrons. The van der Waals surface area contributed by atoms with Gasteiger partial charge < -0.3 is 4.57 Å². The second-order valence-corrected chi connectivity index (χ2v) is 5.17. The largest absolute Gasteiger partial charge is 0.304 e. The monoisotopic (exact) mass is 225 g/mol. The number of rotatable bonds is 5. The van der Waals surface area contributed by atoms with E-state index in [0.29, 0.717) is 5.92 Å². The van der Waals surface area contributed by atoms with E-state index in [1.165, 1.54) is 25.7 Å². The van der Waals surface area contributed by atoms with Crippen molar-refractivity contribution in [3.8, 4) is 0 Å². The minimum absolute atomic E-state index is 0.443. The summed E-state index contributed by atoms with van der Waals surface area (Å²) in [6.45, 7) is 5.34. The highest BCUT2D eigenvalue weighted by atomic mass is 32.1. The second-order valence-electron chi connectivity index (χ2n) is 4.78. The normalized spacial score (nSPS) is 16.2. The molecule has 1 aliphatic carbocycles. The maximum atomic E-state index is 5.23. The number of aromatic nitrogens is 3. The zero-order valence-electron chi connectivity index (χ0n) is 9.49. The van der Waals surface area contributed by atoms with Crippen molar-refractivity contribution in [2.75, 3.05) is 0 Å². The molecule has 3 nitrogen and oxygen atoms in total. The Morgan fingerprint density at radius 2 is 2.27 bits per heavy atom. The van der Waals surface area contributed by atoms with Crippen molar-refractivity contribution >= 4 is 12.2 Å². The fourth-order valence-electron chi connectivity index (χ4n) is 1.93. The van der Waals surface area contributed by atoms with Crippen molar-refractivity contribution in [2.45, 2.75) is 52.0 Å². The number of aromatic amines is 1. The lowest BCUT2D eigenvalue weighted by atomic mass is 10.2. The Morgan fingerprint density at radius 1 is 1.53 bits per heavy atom. The highest BCUT2D eigenvalue weighted by Crippen LogP contribution is 2.33. The highest BCUT2D eigenvalue weighted by Gasteiger charge is 2.20. The van der Waals surface area contributed by atoms with Gasteiger partial charge >= 0.3 is 0 Å². The molecule has 1 fully saturated rings. The maximum absolute atomic E-state index is 5.23. The number of H-pyrrole nitrogens is 1. The lowest BCUT2D eigenvalue weighted by Crippen LogP contribution is -2.06. The molecule has 0 amide bonds. The van der Waals surface area contributed by atoms with E-state index >= 15 is 0 Å². The van der Waals surface area contributed by atoms with E-state index in [1.807, 2.05) is 0 Å². The van der Waals surface area contributed by atoms with E-state index < -0.39 is 0 Å². The smallest absolute Gasteiger partial charge is 0.195 e. The lowest BCUT2D eigenvalue weighted by Gasteiger charge is -2.08. The molecule has 1 N–H and O–H groups in total. The average molecular weight is 225 g/mol. The molecule has 0 atom stereocenters. The SMILES string of the molecule is CC(C)c1n[nH]c(=S)n1CCCC1CC1. The van der Waals surface area contributed by atoms with Gasteiger partial charge in [0, 0.05) is 12.5 Å². The van der Waals surface area contributed by atoms with Crippen LogP contribution in [0.15, 0.2) is 0 Å². The molecule has 0 saturated heterocycles. The van der Waals surface area contributed by atoms with Gasteiger partial charge in [0.1, 0.15) is 5.82 Å². The molecule has 1 aromatic rings. The third-order valence-corrected chi connectivity index (χ3v) is 3.31. The fraction of sp³-hybridized carbons (Fsp3) is 0.818. The first-order valence-corrected chi connectivity index (χ1v) is 6.24. The number of nitrogens with zero attached hydrogens (tertiary/aromatic N) is 2. The predicted molar refractivity (Wildman–Crippen MR) is 63.5 cm³/mol. The standard InChI is InChI=1S/C11H19N3S/c1-8(2)10-12-13-11(15)14(10)7-3-4-9-5-6-9/h8-9H,3-7H2,1-2H3,(H,13,15). The molecular weight excluding hydrogens is 206 g/mol. The Hall–Kier alpha value is -0.640. The molecule has 15 heavy (non-hydrogen) atoms. The Balaban J connectivity index is 1.98. The van der Waals surface area contributed by atoms with Crippen LogP contribution in [0.25, 0.3) is 0 Å². The summed E-state index contributed by atoms with van der Waals surface area (Å²) in [5.41, 5.74) is 0. The minimum atomic E-state index is 0.443. The summed E-state index contributed by atoms with van der Waals surface area (Å²) >= 11 is 5.23. The molecule has 2 rings (SSSR count). The molecular formula is C11H19N3S. The van der Waals surface area contributed by atoms with E-state index in [0.717, 1.165) is 23.1 Å². The molecule has 84 valence electrons. The van der Waals surface area contributed by atoms with Crippen molar-refractivity contribution < 1.29 is 0 Å². The van der Waals surface area contributed by atoms with Gasteiger partial charge in [0.25, 0.3) is 0 Å². The molecule has 0 aromatic carbocycles. The first-order chi connectivity index (χ1) is 7.18. The summed E-state index contributed by atoms with van der Waals surface area (Å²) in [4.78, 5) is 0. The minimum Gasteiger partial charge on any atom is -0.304 e. The van der Waals surface area contributed by atoms with Crippen LogP contribution in [-0.2, 0) is 6.54 Å². The Morgan fingerprint density at radius 3 is 2.87 bits per heavy atom. The van der Waals surface area contributed by atoms with Gasteiger partial charge in [0.05, 0.1) is 0 Å². The molecule has 1 aromatic heterocycles. The first-order valence-electron chi connectivity index (χ1n) is 5.83. The summed E-state index contributed by atoms with van der Waals surface area (Å²) in [7, 11) is 0. The van der Waals surface area contributed by atoms with E-state index in [1.54, 1.807) is 0 Å². The van der Waals surface area contributed by atoms with Gasteiger partial charge in [0.2, 0.25) is 0 Å². The third kappa shape index (κ3) is 2.68. The van der Waals surface area contributed by atoms with Crippen LogP contribution >= 0.6 is 12.2 Å². The number of nitrogens with one attached hydrogen (secondary N) is 1. The third-order valence-electron chi connectivity index (χ3n) is 3.00. The van der Waals surface area contributed by atoms with Crippen LogP contribution in [0.1, 0.15) is 51.3 Å². The lowest BCUT2D eigenvalue weighted by molar-refractivity contribution is 0.544. The topological polar surface area (TPSA) is 33.6 Å². The predicted octanol–water partition coefficient (Wildman–Crippen LogP) is 3.25. The molecule has 1 saturated carbocycles. The number of hydrogen-bond acceptors (Lipinski definition) is 2. The van der Waals surface area contributed by atoms with Crippen molar-refractivity contribution in [3.05, 3.63) is 10.6 Å². The zero-order valence-corrected chi connectivity index (χ0v) is 10.3. The van der Waals surface area contributed by atoms with E-state index in [4.69, 9.17) is 12.2 Å². The van der Waals surface area contributed by atoms with Crippen LogP contribution in [-0.4, -0.2) is 14.8 Å². The van der Waals surface area contributed by atoms with Crippen molar-refractivity contribution in [1.29, 1.82) is 0 Å². The van der Waals surface area contributed by atoms with Crippen molar-refractivity contribution in [1.82, 2.24) is 14.8 Å². The van der Waals surface area contributed by atoms with E-state index in [-0.39, 0.29) is 0 Å². The summed E-state index contributed by atoms with van der Waals surface area (Å²) in [5, 5.41) is 7.16. The Bertz CT molecular complexity index is 373. The van der Waals surface area contributed by atoms with Crippen molar-refractivity contribution in [2.24, 2.45) is 5.92 Å². The van der Waals surface area contributed by atoms with Crippen LogP contribution in [0.3, 0.4) is 0 Å².